The molecule has 0 spiro atoms. The Bertz CT molecular complexity index is 411. The van der Waals surface area contributed by atoms with Crippen molar-refractivity contribution in [2.45, 2.75) is 19.1 Å². The van der Waals surface area contributed by atoms with E-state index in [0.717, 1.165) is 12.2 Å². The molecule has 90 valence electrons. The number of morpholine rings is 1. The Morgan fingerprint density at radius 3 is 3.06 bits per heavy atom. The van der Waals surface area contributed by atoms with E-state index in [9.17, 15) is 5.11 Å². The summed E-state index contributed by atoms with van der Waals surface area (Å²) in [5.41, 5.74) is 1.61. The Kier molecular flexibility index (Phi) is 3.57. The number of aromatic nitrogens is 1. The van der Waals surface area contributed by atoms with Crippen LogP contribution in [0.3, 0.4) is 0 Å². The molecule has 0 saturated carbocycles. The summed E-state index contributed by atoms with van der Waals surface area (Å²) in [6, 6.07) is 5.82. The van der Waals surface area contributed by atoms with Gasteiger partial charge in [0.25, 0.3) is 0 Å². The fourth-order valence-corrected chi connectivity index (χ4v) is 1.79. The van der Waals surface area contributed by atoms with Crippen LogP contribution in [0.2, 0.25) is 0 Å². The van der Waals surface area contributed by atoms with E-state index < -0.39 is 6.10 Å². The Morgan fingerprint density at radius 2 is 2.47 bits per heavy atom. The van der Waals surface area contributed by atoms with Crippen LogP contribution in [-0.4, -0.2) is 35.9 Å². The third-order valence-corrected chi connectivity index (χ3v) is 2.77. The quantitative estimate of drug-likeness (QED) is 0.820. The third-order valence-electron chi connectivity index (χ3n) is 2.77. The number of nitrogens with zero attached hydrogens (tertiary/aromatic N) is 3. The van der Waals surface area contributed by atoms with Crippen LogP contribution in [-0.2, 0) is 4.74 Å². The van der Waals surface area contributed by atoms with Gasteiger partial charge in [0, 0.05) is 6.54 Å². The van der Waals surface area contributed by atoms with E-state index in [0.29, 0.717) is 18.8 Å². The molecular weight excluding hydrogens is 218 g/mol. The van der Waals surface area contributed by atoms with Crippen molar-refractivity contribution < 1.29 is 9.84 Å². The zero-order valence-electron chi connectivity index (χ0n) is 9.71. The molecule has 0 aliphatic carbocycles. The molecule has 1 saturated heterocycles. The van der Waals surface area contributed by atoms with E-state index in [1.54, 1.807) is 19.2 Å². The molecule has 2 heterocycles. The Morgan fingerprint density at radius 1 is 1.65 bits per heavy atom. The molecule has 1 aliphatic rings. The first-order valence-electron chi connectivity index (χ1n) is 5.61. The van der Waals surface area contributed by atoms with Gasteiger partial charge in [-0.3, -0.25) is 4.98 Å². The van der Waals surface area contributed by atoms with E-state index in [1.165, 1.54) is 0 Å². The number of aliphatic hydroxyl groups excluding tert-OH is 1. The minimum Gasteiger partial charge on any atom is -0.387 e. The molecule has 1 unspecified atom stereocenters. The number of ether oxygens (including phenoxy) is 1. The van der Waals surface area contributed by atoms with Crippen molar-refractivity contribution in [1.82, 2.24) is 4.98 Å². The van der Waals surface area contributed by atoms with Crippen LogP contribution in [0.5, 0.6) is 0 Å². The molecule has 1 N–H and O–H groups in total. The smallest absolute Gasteiger partial charge is 0.161 e. The predicted octanol–water partition coefficient (Wildman–Crippen LogP) is 0.864. The summed E-state index contributed by atoms with van der Waals surface area (Å²) in [6.07, 6.45) is 0.794. The van der Waals surface area contributed by atoms with Crippen molar-refractivity contribution in [3.05, 3.63) is 24.0 Å². The maximum atomic E-state index is 9.37. The summed E-state index contributed by atoms with van der Waals surface area (Å²) in [4.78, 5) is 6.25. The number of hydrogen-bond acceptors (Lipinski definition) is 5. The highest BCUT2D eigenvalue weighted by Crippen LogP contribution is 2.18. The van der Waals surface area contributed by atoms with Gasteiger partial charge in [0.05, 0.1) is 42.9 Å². The first kappa shape index (κ1) is 11.8. The predicted molar refractivity (Wildman–Crippen MR) is 62.4 cm³/mol. The zero-order chi connectivity index (χ0) is 12.3. The van der Waals surface area contributed by atoms with E-state index in [-0.39, 0.29) is 6.10 Å². The summed E-state index contributed by atoms with van der Waals surface area (Å²) < 4.78 is 5.28. The number of pyridine rings is 1. The van der Waals surface area contributed by atoms with Gasteiger partial charge >= 0.3 is 0 Å². The molecule has 1 fully saturated rings. The topological polar surface area (TPSA) is 69.4 Å². The fraction of sp³-hybridized carbons (Fsp3) is 0.500. The molecule has 17 heavy (non-hydrogen) atoms. The maximum Gasteiger partial charge on any atom is 0.161 e. The van der Waals surface area contributed by atoms with E-state index >= 15 is 0 Å². The molecule has 5 heteroatoms. The molecule has 0 amide bonds. The lowest BCUT2D eigenvalue weighted by Crippen LogP contribution is -2.41. The van der Waals surface area contributed by atoms with Crippen molar-refractivity contribution in [3.8, 4) is 6.07 Å². The highest BCUT2D eigenvalue weighted by molar-refractivity contribution is 5.45. The first-order chi connectivity index (χ1) is 8.20. The highest BCUT2D eigenvalue weighted by atomic mass is 16.5. The molecule has 0 bridgehead atoms. The lowest BCUT2D eigenvalue weighted by Gasteiger charge is -2.31. The van der Waals surface area contributed by atoms with Gasteiger partial charge in [0.1, 0.15) is 0 Å². The normalized spacial score (nSPS) is 21.9. The molecule has 1 aliphatic heterocycles. The average Bonchev–Trinajstić information content (AvgIpc) is 2.39. The lowest BCUT2D eigenvalue weighted by atomic mass is 10.2. The van der Waals surface area contributed by atoms with Crippen molar-refractivity contribution in [3.63, 3.8) is 0 Å². The monoisotopic (exact) mass is 233 g/mol. The third kappa shape index (κ3) is 2.73. The number of anilines is 1. The van der Waals surface area contributed by atoms with Gasteiger partial charge in [0.15, 0.2) is 6.10 Å². The standard InChI is InChI=1S/C12H15N3O2/c1-9(16)12-3-2-10(7-14-12)15-4-5-17-11(6-13)8-15/h2-3,7,9,11,16H,4-5,8H2,1H3/t9-,11?/m1/s1. The zero-order valence-corrected chi connectivity index (χ0v) is 9.71. The highest BCUT2D eigenvalue weighted by Gasteiger charge is 2.20. The van der Waals surface area contributed by atoms with Gasteiger partial charge in [-0.1, -0.05) is 0 Å². The minimum atomic E-state index is -0.555. The van der Waals surface area contributed by atoms with E-state index in [4.69, 9.17) is 10.00 Å². The molecule has 0 aromatic carbocycles. The Hall–Kier alpha value is -1.64. The lowest BCUT2D eigenvalue weighted by molar-refractivity contribution is 0.0764. The van der Waals surface area contributed by atoms with Crippen molar-refractivity contribution in [2.75, 3.05) is 24.6 Å². The number of aliphatic hydroxyl groups is 1. The summed E-state index contributed by atoms with van der Waals surface area (Å²) in [5.74, 6) is 0. The second-order valence-corrected chi connectivity index (χ2v) is 4.05. The van der Waals surface area contributed by atoms with Gasteiger partial charge in [-0.15, -0.1) is 0 Å². The van der Waals surface area contributed by atoms with Gasteiger partial charge in [0.2, 0.25) is 0 Å². The number of hydrogen-bond donors (Lipinski definition) is 1. The minimum absolute atomic E-state index is 0.375. The van der Waals surface area contributed by atoms with Gasteiger partial charge in [-0.25, -0.2) is 0 Å². The molecule has 2 rings (SSSR count). The SMILES string of the molecule is C[C@@H](O)c1ccc(N2CCOC(C#N)C2)cn1. The second-order valence-electron chi connectivity index (χ2n) is 4.05. The van der Waals surface area contributed by atoms with Crippen LogP contribution < -0.4 is 4.90 Å². The largest absolute Gasteiger partial charge is 0.387 e. The van der Waals surface area contributed by atoms with Crippen molar-refractivity contribution in [1.29, 1.82) is 5.26 Å². The number of nitriles is 1. The Balaban J connectivity index is 2.09. The summed E-state index contributed by atoms with van der Waals surface area (Å²) >= 11 is 0. The van der Waals surface area contributed by atoms with Crippen molar-refractivity contribution in [2.24, 2.45) is 0 Å². The second kappa shape index (κ2) is 5.13. The van der Waals surface area contributed by atoms with E-state index in [1.807, 2.05) is 6.07 Å². The Labute approximate surface area is 100 Å². The molecule has 1 aromatic heterocycles. The van der Waals surface area contributed by atoms with Crippen LogP contribution in [0.15, 0.2) is 18.3 Å². The van der Waals surface area contributed by atoms with Crippen LogP contribution in [0.1, 0.15) is 18.7 Å². The maximum absolute atomic E-state index is 9.37. The molecule has 2 atom stereocenters. The molecule has 0 radical (unpaired) electrons. The summed E-state index contributed by atoms with van der Waals surface area (Å²) in [6.45, 7) is 3.55. The van der Waals surface area contributed by atoms with Crippen molar-refractivity contribution >= 4 is 5.69 Å². The summed E-state index contributed by atoms with van der Waals surface area (Å²) in [7, 11) is 0. The van der Waals surface area contributed by atoms with Gasteiger partial charge in [-0.2, -0.15) is 5.26 Å². The number of rotatable bonds is 2. The van der Waals surface area contributed by atoms with Gasteiger partial charge < -0.3 is 14.7 Å². The van der Waals surface area contributed by atoms with Crippen LogP contribution in [0.4, 0.5) is 5.69 Å². The summed E-state index contributed by atoms with van der Waals surface area (Å²) in [5, 5.41) is 18.2. The average molecular weight is 233 g/mol. The van der Waals surface area contributed by atoms with Crippen LogP contribution in [0, 0.1) is 11.3 Å². The van der Waals surface area contributed by atoms with Crippen LogP contribution in [0.25, 0.3) is 0 Å². The van der Waals surface area contributed by atoms with Gasteiger partial charge in [-0.05, 0) is 19.1 Å². The molecule has 5 nitrogen and oxygen atoms in total. The molecular formula is C12H15N3O2. The fourth-order valence-electron chi connectivity index (χ4n) is 1.79. The first-order valence-corrected chi connectivity index (χ1v) is 5.61. The molecule has 1 aromatic rings. The van der Waals surface area contributed by atoms with E-state index in [2.05, 4.69) is 16.0 Å². The van der Waals surface area contributed by atoms with Crippen LogP contribution >= 0.6 is 0 Å².